The Balaban J connectivity index is 1.29. The Labute approximate surface area is 289 Å². The van der Waals surface area contributed by atoms with Crippen molar-refractivity contribution < 1.29 is 33.3 Å². The lowest BCUT2D eigenvalue weighted by Gasteiger charge is -2.49. The number of benzene rings is 3. The zero-order valence-corrected chi connectivity index (χ0v) is 29.5. The molecule has 0 radical (unpaired) electrons. The highest BCUT2D eigenvalue weighted by Crippen LogP contribution is 2.49. The third kappa shape index (κ3) is 7.15. The third-order valence-corrected chi connectivity index (χ3v) is 10.7. The molecule has 262 valence electrons. The highest BCUT2D eigenvalue weighted by molar-refractivity contribution is 5.88. The number of anilines is 1. The molecule has 4 atom stereocenters. The van der Waals surface area contributed by atoms with Crippen LogP contribution in [0.5, 0.6) is 23.0 Å². The van der Waals surface area contributed by atoms with Crippen molar-refractivity contribution >= 4 is 17.7 Å². The standard InChI is InChI=1S/C39H49N3O7/c1-7-26-22-41-14-12-27-18-35(45-3)37(47-5)20-31(27)33(41)16-29(26)17-34-32-21-38(48-6)36(46-4)19-28(32)13-15-42(34)39(44)49-23-25-8-10-30(11-9-25)40-24(2)43/h8-11,18-21,26,29,33-34H,7,12-17,22-23H2,1-6H3,(H,40,43). The van der Waals surface area contributed by atoms with Crippen LogP contribution < -0.4 is 24.3 Å². The molecule has 1 saturated heterocycles. The zero-order valence-electron chi connectivity index (χ0n) is 29.5. The predicted molar refractivity (Wildman–Crippen MR) is 188 cm³/mol. The van der Waals surface area contributed by atoms with Crippen LogP contribution in [-0.2, 0) is 29.0 Å². The summed E-state index contributed by atoms with van der Waals surface area (Å²) in [5, 5.41) is 2.77. The van der Waals surface area contributed by atoms with E-state index in [-0.39, 0.29) is 30.7 Å². The molecule has 1 fully saturated rings. The third-order valence-electron chi connectivity index (χ3n) is 10.7. The Bertz CT molecular complexity index is 1660. The van der Waals surface area contributed by atoms with Crippen LogP contribution >= 0.6 is 0 Å². The number of methoxy groups -OCH3 is 4. The summed E-state index contributed by atoms with van der Waals surface area (Å²) < 4.78 is 28.8. The number of hydrogen-bond donors (Lipinski definition) is 1. The number of piperidine rings is 1. The van der Waals surface area contributed by atoms with Crippen LogP contribution in [0.1, 0.15) is 73.0 Å². The average molecular weight is 672 g/mol. The quantitative estimate of drug-likeness (QED) is 0.247. The van der Waals surface area contributed by atoms with Crippen molar-refractivity contribution in [3.63, 3.8) is 0 Å². The van der Waals surface area contributed by atoms with Gasteiger partial charge in [0.2, 0.25) is 5.91 Å². The molecule has 2 amide bonds. The van der Waals surface area contributed by atoms with Gasteiger partial charge in [0.05, 0.1) is 34.5 Å². The van der Waals surface area contributed by atoms with E-state index in [4.69, 9.17) is 23.7 Å². The molecule has 49 heavy (non-hydrogen) atoms. The molecule has 6 rings (SSSR count). The van der Waals surface area contributed by atoms with Crippen molar-refractivity contribution in [1.82, 2.24) is 9.80 Å². The second-order valence-electron chi connectivity index (χ2n) is 13.4. The normalized spacial score (nSPS) is 21.5. The lowest BCUT2D eigenvalue weighted by Crippen LogP contribution is -2.47. The first-order chi connectivity index (χ1) is 23.8. The van der Waals surface area contributed by atoms with E-state index in [1.165, 1.54) is 23.6 Å². The van der Waals surface area contributed by atoms with Crippen LogP contribution in [0.4, 0.5) is 10.5 Å². The minimum atomic E-state index is -0.332. The van der Waals surface area contributed by atoms with E-state index in [1.54, 1.807) is 28.4 Å². The number of nitrogens with one attached hydrogen (secondary N) is 1. The highest BCUT2D eigenvalue weighted by Gasteiger charge is 2.42. The fourth-order valence-corrected chi connectivity index (χ4v) is 8.16. The fourth-order valence-electron chi connectivity index (χ4n) is 8.16. The van der Waals surface area contributed by atoms with Gasteiger partial charge >= 0.3 is 6.09 Å². The maximum Gasteiger partial charge on any atom is 0.410 e. The van der Waals surface area contributed by atoms with Crippen LogP contribution in [-0.4, -0.2) is 69.9 Å². The van der Waals surface area contributed by atoms with Crippen LogP contribution in [0.2, 0.25) is 0 Å². The predicted octanol–water partition coefficient (Wildman–Crippen LogP) is 6.95. The summed E-state index contributed by atoms with van der Waals surface area (Å²) in [6, 6.07) is 15.9. The molecular formula is C39H49N3O7. The van der Waals surface area contributed by atoms with E-state index in [0.29, 0.717) is 42.0 Å². The number of nitrogens with zero attached hydrogens (tertiary/aromatic N) is 2. The number of amides is 2. The van der Waals surface area contributed by atoms with Crippen LogP contribution in [0.15, 0.2) is 48.5 Å². The Morgan fingerprint density at radius 2 is 1.39 bits per heavy atom. The summed E-state index contributed by atoms with van der Waals surface area (Å²) in [5.74, 6) is 3.61. The van der Waals surface area contributed by atoms with E-state index in [0.717, 1.165) is 61.4 Å². The number of carbonyl (C=O) groups excluding carboxylic acids is 2. The molecule has 0 aliphatic carbocycles. The number of ether oxygens (including phenoxy) is 5. The zero-order chi connectivity index (χ0) is 34.7. The van der Waals surface area contributed by atoms with Crippen molar-refractivity contribution in [2.75, 3.05) is 53.4 Å². The minimum absolute atomic E-state index is 0.131. The molecule has 10 nitrogen and oxygen atoms in total. The van der Waals surface area contributed by atoms with Gasteiger partial charge < -0.3 is 33.9 Å². The lowest BCUT2D eigenvalue weighted by molar-refractivity contribution is -0.114. The first-order valence-corrected chi connectivity index (χ1v) is 17.3. The van der Waals surface area contributed by atoms with Crippen LogP contribution in [0, 0.1) is 11.8 Å². The van der Waals surface area contributed by atoms with Crippen LogP contribution in [0.3, 0.4) is 0 Å². The molecule has 0 aromatic heterocycles. The van der Waals surface area contributed by atoms with Gasteiger partial charge in [-0.3, -0.25) is 9.69 Å². The molecular weight excluding hydrogens is 622 g/mol. The van der Waals surface area contributed by atoms with Gasteiger partial charge in [0.1, 0.15) is 6.61 Å². The van der Waals surface area contributed by atoms with Crippen molar-refractivity contribution in [2.24, 2.45) is 11.8 Å². The summed E-state index contributed by atoms with van der Waals surface area (Å²) in [7, 11) is 6.69. The second-order valence-corrected chi connectivity index (χ2v) is 13.4. The lowest BCUT2D eigenvalue weighted by atomic mass is 9.72. The molecule has 3 aliphatic rings. The summed E-state index contributed by atoms with van der Waals surface area (Å²) >= 11 is 0. The van der Waals surface area contributed by atoms with Gasteiger partial charge in [-0.25, -0.2) is 4.79 Å². The van der Waals surface area contributed by atoms with Crippen molar-refractivity contribution in [3.8, 4) is 23.0 Å². The van der Waals surface area contributed by atoms with Gasteiger partial charge in [-0.05, 0) is 102 Å². The Kier molecular flexibility index (Phi) is 10.5. The van der Waals surface area contributed by atoms with E-state index in [9.17, 15) is 9.59 Å². The van der Waals surface area contributed by atoms with E-state index in [1.807, 2.05) is 29.2 Å². The Morgan fingerprint density at radius 1 is 0.796 bits per heavy atom. The summed E-state index contributed by atoms with van der Waals surface area (Å²) in [6.45, 7) is 6.49. The number of carbonyl (C=O) groups is 2. The topological polar surface area (TPSA) is 98.8 Å². The van der Waals surface area contributed by atoms with Crippen LogP contribution in [0.25, 0.3) is 0 Å². The number of hydrogen-bond acceptors (Lipinski definition) is 8. The average Bonchev–Trinajstić information content (AvgIpc) is 3.12. The first-order valence-electron chi connectivity index (χ1n) is 17.3. The molecule has 4 unspecified atom stereocenters. The van der Waals surface area contributed by atoms with Gasteiger partial charge in [0.15, 0.2) is 23.0 Å². The summed E-state index contributed by atoms with van der Waals surface area (Å²) in [5.41, 5.74) is 6.46. The molecule has 3 aromatic carbocycles. The summed E-state index contributed by atoms with van der Waals surface area (Å²) in [4.78, 5) is 29.9. The van der Waals surface area contributed by atoms with E-state index >= 15 is 0 Å². The smallest absolute Gasteiger partial charge is 0.410 e. The maximum absolute atomic E-state index is 14.0. The molecule has 1 N–H and O–H groups in total. The molecule has 0 bridgehead atoms. The highest BCUT2D eigenvalue weighted by atomic mass is 16.6. The van der Waals surface area contributed by atoms with Gasteiger partial charge in [0, 0.05) is 38.3 Å². The largest absolute Gasteiger partial charge is 0.493 e. The molecule has 3 aliphatic heterocycles. The number of rotatable bonds is 10. The number of fused-ring (bicyclic) bond motifs is 4. The van der Waals surface area contributed by atoms with Crippen molar-refractivity contribution in [3.05, 3.63) is 76.3 Å². The van der Waals surface area contributed by atoms with E-state index < -0.39 is 0 Å². The maximum atomic E-state index is 14.0. The second kappa shape index (κ2) is 15.0. The monoisotopic (exact) mass is 671 g/mol. The van der Waals surface area contributed by atoms with Gasteiger partial charge in [0.25, 0.3) is 0 Å². The van der Waals surface area contributed by atoms with Crippen molar-refractivity contribution in [2.45, 2.75) is 64.6 Å². The molecule has 3 aromatic rings. The molecule has 0 saturated carbocycles. The SMILES string of the molecule is CCC1CN2CCc3cc(OC)c(OC)cc3C2CC1CC1c2cc(OC)c(OC)cc2CCN1C(=O)OCc1ccc(NC(C)=O)cc1. The summed E-state index contributed by atoms with van der Waals surface area (Å²) in [6.07, 6.45) is 4.22. The fraction of sp³-hybridized carbons (Fsp3) is 0.487. The van der Waals surface area contributed by atoms with Gasteiger partial charge in [-0.2, -0.15) is 0 Å². The first kappa shape index (κ1) is 34.4. The van der Waals surface area contributed by atoms with Gasteiger partial charge in [-0.15, -0.1) is 0 Å². The molecule has 0 spiro atoms. The van der Waals surface area contributed by atoms with E-state index in [2.05, 4.69) is 41.4 Å². The van der Waals surface area contributed by atoms with Crippen molar-refractivity contribution in [1.29, 1.82) is 0 Å². The van der Waals surface area contributed by atoms with Gasteiger partial charge in [-0.1, -0.05) is 25.5 Å². The molecule has 10 heteroatoms. The minimum Gasteiger partial charge on any atom is -0.493 e. The molecule has 3 heterocycles. The Hall–Kier alpha value is -4.44. The Morgan fingerprint density at radius 3 is 2.00 bits per heavy atom.